The summed E-state index contributed by atoms with van der Waals surface area (Å²) >= 11 is 0. The molecular weight excluding hydrogens is 210 g/mol. The van der Waals surface area contributed by atoms with Gasteiger partial charge in [-0.05, 0) is 0 Å². The summed E-state index contributed by atoms with van der Waals surface area (Å²) in [6, 6.07) is 0. The van der Waals surface area contributed by atoms with Crippen LogP contribution in [-0.2, 0) is 13.9 Å². The Kier molecular flexibility index (Phi) is 3.93. The Balaban J connectivity index is 4.34. The largest absolute Gasteiger partial charge is 0.412 e. The fraction of sp³-hybridized carbons (Fsp3) is 0.667. The van der Waals surface area contributed by atoms with Gasteiger partial charge in [0.25, 0.3) is 5.52 Å². The topological polar surface area (TPSA) is 124 Å². The summed E-state index contributed by atoms with van der Waals surface area (Å²) in [7, 11) is -7.97. The van der Waals surface area contributed by atoms with Crippen molar-refractivity contribution in [3.05, 3.63) is 0 Å². The Labute approximate surface area is 68.7 Å². The number of carbonyl (C=O) groups is 1. The van der Waals surface area contributed by atoms with Crippen molar-refractivity contribution >= 4 is 21.1 Å². The van der Waals surface area contributed by atoms with Gasteiger partial charge in [0.05, 0.1) is 0 Å². The maximum atomic E-state index is 10.6. The van der Waals surface area contributed by atoms with Gasteiger partial charge in [-0.25, -0.2) is 0 Å². The van der Waals surface area contributed by atoms with Crippen LogP contribution in [-0.4, -0.2) is 38.4 Å². The van der Waals surface area contributed by atoms with Gasteiger partial charge in [-0.15, -0.1) is 0 Å². The molecule has 9 heteroatoms. The van der Waals surface area contributed by atoms with E-state index >= 15 is 0 Å². The first kappa shape index (κ1) is 12.1. The standard InChI is InChI=1S/C3H8O7P2/c1-10-12(8,9)3(4)2-11(5,6)7/h5-7H,2H2,1H3/p+1. The molecule has 4 N–H and O–H groups in total. The van der Waals surface area contributed by atoms with Crippen molar-refractivity contribution in [2.45, 2.75) is 0 Å². The number of carbonyl (C=O) groups excluding carboxylic acids is 1. The fourth-order valence-electron chi connectivity index (χ4n) is 0.373. The van der Waals surface area contributed by atoms with E-state index in [9.17, 15) is 9.36 Å². The van der Waals surface area contributed by atoms with Crippen LogP contribution < -0.4 is 0 Å². The predicted octanol–water partition coefficient (Wildman–Crippen LogP) is -0.916. The average Bonchev–Trinajstić information content (AvgIpc) is 1.84. The first-order chi connectivity index (χ1) is 5.19. The molecule has 0 radical (unpaired) electrons. The highest BCUT2D eigenvalue weighted by molar-refractivity contribution is 7.74. The average molecular weight is 219 g/mol. The molecule has 12 heavy (non-hydrogen) atoms. The molecule has 0 bridgehead atoms. The SMILES string of the molecule is COP(=O)(O)C(=O)C[P+](O)(O)O. The fourth-order valence-corrected chi connectivity index (χ4v) is 2.22. The van der Waals surface area contributed by atoms with Crippen LogP contribution in [0.25, 0.3) is 0 Å². The molecule has 0 spiro atoms. The number of hydrogen-bond donors (Lipinski definition) is 4. The highest BCUT2D eigenvalue weighted by Crippen LogP contribution is 2.51. The molecule has 0 aliphatic heterocycles. The minimum atomic E-state index is -4.45. The van der Waals surface area contributed by atoms with E-state index in [1.165, 1.54) is 0 Å². The van der Waals surface area contributed by atoms with Crippen LogP contribution in [0.15, 0.2) is 0 Å². The summed E-state index contributed by atoms with van der Waals surface area (Å²) in [5, 5.41) is 0. The van der Waals surface area contributed by atoms with Crippen molar-refractivity contribution in [1.29, 1.82) is 0 Å². The summed E-state index contributed by atoms with van der Waals surface area (Å²) in [6.45, 7) is 0. The summed E-state index contributed by atoms with van der Waals surface area (Å²) < 4.78 is 14.5. The van der Waals surface area contributed by atoms with Crippen molar-refractivity contribution in [1.82, 2.24) is 0 Å². The predicted molar refractivity (Wildman–Crippen MR) is 40.3 cm³/mol. The van der Waals surface area contributed by atoms with Gasteiger partial charge < -0.3 is 9.42 Å². The molecule has 1 unspecified atom stereocenters. The van der Waals surface area contributed by atoms with Crippen molar-refractivity contribution in [3.63, 3.8) is 0 Å². The molecule has 1 atom stereocenters. The van der Waals surface area contributed by atoms with E-state index in [0.29, 0.717) is 0 Å². The molecular formula is C3H9O7P2+. The highest BCUT2D eigenvalue weighted by Gasteiger charge is 2.42. The molecule has 7 nitrogen and oxygen atoms in total. The lowest BCUT2D eigenvalue weighted by atomic mass is 10.9. The van der Waals surface area contributed by atoms with Gasteiger partial charge in [0.1, 0.15) is 0 Å². The summed E-state index contributed by atoms with van der Waals surface area (Å²) in [5.41, 5.74) is -1.43. The molecule has 0 aromatic heterocycles. The van der Waals surface area contributed by atoms with Crippen LogP contribution in [0, 0.1) is 0 Å². The van der Waals surface area contributed by atoms with E-state index in [4.69, 9.17) is 19.6 Å². The highest BCUT2D eigenvalue weighted by atomic mass is 31.2. The van der Waals surface area contributed by atoms with E-state index in [1.54, 1.807) is 0 Å². The van der Waals surface area contributed by atoms with E-state index in [0.717, 1.165) is 7.11 Å². The zero-order valence-corrected chi connectivity index (χ0v) is 7.90. The third-order valence-electron chi connectivity index (χ3n) is 0.910. The van der Waals surface area contributed by atoms with Crippen LogP contribution in [0.3, 0.4) is 0 Å². The van der Waals surface area contributed by atoms with Gasteiger partial charge in [0.15, 0.2) is 0 Å². The molecule has 0 aliphatic rings. The zero-order chi connectivity index (χ0) is 9.99. The van der Waals surface area contributed by atoms with E-state index in [2.05, 4.69) is 4.52 Å². The van der Waals surface area contributed by atoms with Gasteiger partial charge >= 0.3 is 15.5 Å². The normalized spacial score (nSPS) is 17.1. The van der Waals surface area contributed by atoms with Crippen molar-refractivity contribution < 1.29 is 33.5 Å². The molecule has 0 aromatic rings. The first-order valence-electron chi connectivity index (χ1n) is 2.67. The Hall–Kier alpha value is 0.130. The maximum absolute atomic E-state index is 10.6. The van der Waals surface area contributed by atoms with Crippen LogP contribution in [0.2, 0.25) is 0 Å². The molecule has 0 heterocycles. The molecule has 0 aromatic carbocycles. The molecule has 0 amide bonds. The molecule has 0 fully saturated rings. The summed E-state index contributed by atoms with van der Waals surface area (Å²) in [6.07, 6.45) is -1.17. The van der Waals surface area contributed by atoms with Crippen molar-refractivity contribution in [3.8, 4) is 0 Å². The van der Waals surface area contributed by atoms with Gasteiger partial charge in [-0.1, -0.05) is 0 Å². The van der Waals surface area contributed by atoms with Crippen LogP contribution >= 0.6 is 15.5 Å². The van der Waals surface area contributed by atoms with E-state index in [-0.39, 0.29) is 0 Å². The van der Waals surface area contributed by atoms with Gasteiger partial charge in [-0.2, -0.15) is 14.7 Å². The van der Waals surface area contributed by atoms with Gasteiger partial charge in [0.2, 0.25) is 6.16 Å². The Morgan fingerprint density at radius 3 is 2.17 bits per heavy atom. The minimum Gasteiger partial charge on any atom is -0.319 e. The monoisotopic (exact) mass is 219 g/mol. The summed E-state index contributed by atoms with van der Waals surface area (Å²) in [5.74, 6) is 0. The van der Waals surface area contributed by atoms with Gasteiger partial charge in [0, 0.05) is 7.11 Å². The van der Waals surface area contributed by atoms with Gasteiger partial charge in [-0.3, -0.25) is 9.36 Å². The molecule has 0 aliphatic carbocycles. The smallest absolute Gasteiger partial charge is 0.319 e. The number of hydrogen-bond acceptors (Lipinski definition) is 6. The second-order valence-electron chi connectivity index (χ2n) is 1.95. The zero-order valence-electron chi connectivity index (χ0n) is 6.12. The molecule has 72 valence electrons. The first-order valence-corrected chi connectivity index (χ1v) is 6.08. The maximum Gasteiger partial charge on any atom is 0.412 e. The molecule has 0 saturated heterocycles. The lowest BCUT2D eigenvalue weighted by molar-refractivity contribution is -0.111. The quantitative estimate of drug-likeness (QED) is 0.451. The minimum absolute atomic E-state index is 0.824. The third kappa shape index (κ3) is 4.23. The third-order valence-corrected chi connectivity index (χ3v) is 3.15. The van der Waals surface area contributed by atoms with E-state index in [1.807, 2.05) is 0 Å². The van der Waals surface area contributed by atoms with Crippen molar-refractivity contribution in [2.75, 3.05) is 13.3 Å². The molecule has 0 saturated carbocycles. The number of rotatable bonds is 4. The van der Waals surface area contributed by atoms with E-state index < -0.39 is 27.2 Å². The van der Waals surface area contributed by atoms with Crippen LogP contribution in [0.1, 0.15) is 0 Å². The second kappa shape index (κ2) is 3.89. The van der Waals surface area contributed by atoms with Crippen LogP contribution in [0.4, 0.5) is 0 Å². The lowest BCUT2D eigenvalue weighted by Gasteiger charge is -2.06. The van der Waals surface area contributed by atoms with Crippen molar-refractivity contribution in [2.24, 2.45) is 0 Å². The Morgan fingerprint density at radius 2 is 1.92 bits per heavy atom. The molecule has 0 rings (SSSR count). The Morgan fingerprint density at radius 1 is 1.50 bits per heavy atom. The Bertz CT molecular complexity index is 217. The summed E-state index contributed by atoms with van der Waals surface area (Å²) in [4.78, 5) is 44.3. The van der Waals surface area contributed by atoms with Crippen LogP contribution in [0.5, 0.6) is 0 Å². The second-order valence-corrected chi connectivity index (χ2v) is 5.55. The lowest BCUT2D eigenvalue weighted by Crippen LogP contribution is -2.10.